The topological polar surface area (TPSA) is 42.9 Å². The number of nitrogens with one attached hydrogen (secondary N) is 2. The fourth-order valence-electron chi connectivity index (χ4n) is 3.44. The van der Waals surface area contributed by atoms with Gasteiger partial charge in [-0.05, 0) is 24.6 Å². The quantitative estimate of drug-likeness (QED) is 0.369. The second-order valence-corrected chi connectivity index (χ2v) is 7.00. The van der Waals surface area contributed by atoms with Gasteiger partial charge < -0.3 is 15.5 Å². The van der Waals surface area contributed by atoms with Crippen molar-refractivity contribution in [1.82, 2.24) is 15.5 Å². The molecule has 1 heterocycles. The van der Waals surface area contributed by atoms with Crippen molar-refractivity contribution in [1.29, 1.82) is 0 Å². The van der Waals surface area contributed by atoms with Crippen molar-refractivity contribution in [2.24, 2.45) is 4.99 Å². The van der Waals surface area contributed by atoms with E-state index in [2.05, 4.69) is 86.9 Å². The van der Waals surface area contributed by atoms with E-state index < -0.39 is 0 Å². The third-order valence-electron chi connectivity index (χ3n) is 5.15. The van der Waals surface area contributed by atoms with E-state index in [1.54, 1.807) is 0 Å². The van der Waals surface area contributed by atoms with Crippen LogP contribution in [0.1, 0.15) is 12.5 Å². The van der Waals surface area contributed by atoms with Gasteiger partial charge in [-0.1, -0.05) is 48.5 Å². The Balaban J connectivity index is 0.00000280. The summed E-state index contributed by atoms with van der Waals surface area (Å²) in [6.07, 6.45) is 0. The van der Waals surface area contributed by atoms with Crippen LogP contribution in [0.15, 0.2) is 65.7 Å². The summed E-state index contributed by atoms with van der Waals surface area (Å²) in [4.78, 5) is 9.36. The highest BCUT2D eigenvalue weighted by Gasteiger charge is 2.21. The number of guanidine groups is 1. The smallest absolute Gasteiger partial charge is 0.191 e. The van der Waals surface area contributed by atoms with Crippen molar-refractivity contribution in [2.75, 3.05) is 44.7 Å². The third-order valence-corrected chi connectivity index (χ3v) is 5.15. The van der Waals surface area contributed by atoms with Crippen molar-refractivity contribution in [3.05, 3.63) is 66.2 Å². The molecule has 0 saturated carbocycles. The van der Waals surface area contributed by atoms with Gasteiger partial charge in [0.05, 0.1) is 0 Å². The number of hydrogen-bond donors (Lipinski definition) is 2. The number of piperazine rings is 1. The van der Waals surface area contributed by atoms with Crippen LogP contribution in [0, 0.1) is 0 Å². The number of rotatable bonds is 6. The van der Waals surface area contributed by atoms with Crippen molar-refractivity contribution < 1.29 is 0 Å². The van der Waals surface area contributed by atoms with Crippen molar-refractivity contribution in [3.63, 3.8) is 0 Å². The summed E-state index contributed by atoms with van der Waals surface area (Å²) >= 11 is 0. The van der Waals surface area contributed by atoms with Crippen LogP contribution in [0.5, 0.6) is 0 Å². The maximum Gasteiger partial charge on any atom is 0.191 e. The third kappa shape index (κ3) is 6.67. The number of anilines is 1. The lowest BCUT2D eigenvalue weighted by molar-refractivity contribution is 0.197. The van der Waals surface area contributed by atoms with Crippen molar-refractivity contribution in [3.8, 4) is 0 Å². The van der Waals surface area contributed by atoms with Crippen molar-refractivity contribution >= 4 is 35.6 Å². The maximum atomic E-state index is 4.34. The van der Waals surface area contributed by atoms with Crippen LogP contribution in [0.25, 0.3) is 0 Å². The normalized spacial score (nSPS) is 16.2. The molecular weight excluding hydrogens is 461 g/mol. The Hall–Kier alpha value is -1.80. The Morgan fingerprint density at radius 3 is 2.14 bits per heavy atom. The number of hydrogen-bond acceptors (Lipinski definition) is 3. The number of nitrogens with zero attached hydrogens (tertiary/aromatic N) is 3. The summed E-state index contributed by atoms with van der Waals surface area (Å²) in [5, 5.41) is 6.85. The molecule has 2 aromatic rings. The van der Waals surface area contributed by atoms with E-state index in [1.165, 1.54) is 11.3 Å². The zero-order valence-electron chi connectivity index (χ0n) is 16.8. The Bertz CT molecular complexity index is 699. The van der Waals surface area contributed by atoms with Crippen LogP contribution in [0.2, 0.25) is 0 Å². The average molecular weight is 493 g/mol. The maximum absolute atomic E-state index is 4.34. The molecular formula is C22H32IN5. The molecule has 28 heavy (non-hydrogen) atoms. The van der Waals surface area contributed by atoms with Gasteiger partial charge in [-0.15, -0.1) is 24.0 Å². The largest absolute Gasteiger partial charge is 0.369 e. The second kappa shape index (κ2) is 11.9. The van der Waals surface area contributed by atoms with E-state index in [9.17, 15) is 0 Å². The van der Waals surface area contributed by atoms with E-state index in [4.69, 9.17) is 0 Å². The molecule has 1 unspecified atom stereocenters. The lowest BCUT2D eigenvalue weighted by atomic mass is 10.2. The van der Waals surface area contributed by atoms with Crippen LogP contribution in [0.4, 0.5) is 5.69 Å². The molecule has 0 radical (unpaired) electrons. The minimum atomic E-state index is 0. The summed E-state index contributed by atoms with van der Waals surface area (Å²) in [5.74, 6) is 0.855. The molecule has 0 bridgehead atoms. The molecule has 1 aliphatic rings. The van der Waals surface area contributed by atoms with Gasteiger partial charge in [0.15, 0.2) is 5.96 Å². The molecule has 0 aliphatic carbocycles. The number of halogens is 1. The zero-order valence-corrected chi connectivity index (χ0v) is 19.2. The molecule has 2 aromatic carbocycles. The molecule has 3 rings (SSSR count). The summed E-state index contributed by atoms with van der Waals surface area (Å²) in [7, 11) is 1.82. The Morgan fingerprint density at radius 1 is 0.929 bits per heavy atom. The van der Waals surface area contributed by atoms with Crippen LogP contribution < -0.4 is 15.5 Å². The molecule has 1 fully saturated rings. The fourth-order valence-corrected chi connectivity index (χ4v) is 3.44. The van der Waals surface area contributed by atoms with Gasteiger partial charge in [-0.25, -0.2) is 0 Å². The highest BCUT2D eigenvalue weighted by atomic mass is 127. The first kappa shape index (κ1) is 22.5. The van der Waals surface area contributed by atoms with E-state index in [-0.39, 0.29) is 24.0 Å². The van der Waals surface area contributed by atoms with Gasteiger partial charge in [0.2, 0.25) is 0 Å². The molecule has 6 heteroatoms. The van der Waals surface area contributed by atoms with Crippen LogP contribution >= 0.6 is 24.0 Å². The van der Waals surface area contributed by atoms with Gasteiger partial charge in [-0.2, -0.15) is 0 Å². The van der Waals surface area contributed by atoms with Crippen LogP contribution in [0.3, 0.4) is 0 Å². The highest BCUT2D eigenvalue weighted by molar-refractivity contribution is 14.0. The lowest BCUT2D eigenvalue weighted by Crippen LogP contribution is -2.53. The number of para-hydroxylation sites is 1. The van der Waals surface area contributed by atoms with Crippen LogP contribution in [-0.4, -0.2) is 56.7 Å². The molecule has 5 nitrogen and oxygen atoms in total. The van der Waals surface area contributed by atoms with Gasteiger partial charge >= 0.3 is 0 Å². The fraction of sp³-hybridized carbons (Fsp3) is 0.409. The highest BCUT2D eigenvalue weighted by Crippen LogP contribution is 2.16. The van der Waals surface area contributed by atoms with E-state index >= 15 is 0 Å². The minimum absolute atomic E-state index is 0. The standard InChI is InChI=1S/C22H31N5.HI/c1-19(17-24-22(23-2)25-18-20-9-5-3-6-10-20)26-13-15-27(16-14-26)21-11-7-4-8-12-21;/h3-12,19H,13-18H2,1-2H3,(H2,23,24,25);1H. The molecule has 0 aromatic heterocycles. The molecule has 1 saturated heterocycles. The first-order valence-electron chi connectivity index (χ1n) is 9.79. The van der Waals surface area contributed by atoms with Gasteiger partial charge in [-0.3, -0.25) is 9.89 Å². The minimum Gasteiger partial charge on any atom is -0.369 e. The van der Waals surface area contributed by atoms with Crippen LogP contribution in [-0.2, 0) is 6.54 Å². The predicted octanol–water partition coefficient (Wildman–Crippen LogP) is 3.18. The predicted molar refractivity (Wildman–Crippen MR) is 130 cm³/mol. The molecule has 152 valence electrons. The molecule has 0 spiro atoms. The van der Waals surface area contributed by atoms with Gasteiger partial charge in [0, 0.05) is 58.0 Å². The molecule has 1 aliphatic heterocycles. The van der Waals surface area contributed by atoms with Crippen molar-refractivity contribution in [2.45, 2.75) is 19.5 Å². The molecule has 0 amide bonds. The average Bonchev–Trinajstić information content (AvgIpc) is 2.75. The Labute approximate surface area is 186 Å². The second-order valence-electron chi connectivity index (χ2n) is 7.00. The Kier molecular flexibility index (Phi) is 9.57. The SMILES string of the molecule is CN=C(NCc1ccccc1)NCC(C)N1CCN(c2ccccc2)CC1.I. The van der Waals surface area contributed by atoms with E-state index in [1.807, 2.05) is 13.1 Å². The van der Waals surface area contributed by atoms with Gasteiger partial charge in [0.1, 0.15) is 0 Å². The summed E-state index contributed by atoms with van der Waals surface area (Å²) in [6, 6.07) is 21.6. The Morgan fingerprint density at radius 2 is 1.54 bits per heavy atom. The first-order chi connectivity index (χ1) is 13.3. The molecule has 2 N–H and O–H groups in total. The lowest BCUT2D eigenvalue weighted by Gasteiger charge is -2.39. The summed E-state index contributed by atoms with van der Waals surface area (Å²) in [6.45, 7) is 8.30. The zero-order chi connectivity index (χ0) is 18.9. The summed E-state index contributed by atoms with van der Waals surface area (Å²) < 4.78 is 0. The van der Waals surface area contributed by atoms with Gasteiger partial charge in [0.25, 0.3) is 0 Å². The summed E-state index contributed by atoms with van der Waals surface area (Å²) in [5.41, 5.74) is 2.58. The molecule has 1 atom stereocenters. The first-order valence-corrected chi connectivity index (χ1v) is 9.79. The monoisotopic (exact) mass is 493 g/mol. The van der Waals surface area contributed by atoms with E-state index in [0.29, 0.717) is 6.04 Å². The number of aliphatic imine (C=N–C) groups is 1. The van der Waals surface area contributed by atoms with E-state index in [0.717, 1.165) is 45.2 Å². The number of benzene rings is 2.